The molecular formula is C21H24N2O5. The molecule has 2 aromatic carbocycles. The summed E-state index contributed by atoms with van der Waals surface area (Å²) in [6, 6.07) is 16.1. The zero-order valence-corrected chi connectivity index (χ0v) is 15.7. The Hall–Kier alpha value is -3.35. The van der Waals surface area contributed by atoms with Gasteiger partial charge < -0.3 is 20.5 Å². The quantitative estimate of drug-likeness (QED) is 0.580. The fourth-order valence-corrected chi connectivity index (χ4v) is 2.69. The van der Waals surface area contributed by atoms with Gasteiger partial charge in [-0.05, 0) is 24.1 Å². The average molecular weight is 384 g/mol. The first-order chi connectivity index (χ1) is 13.5. The van der Waals surface area contributed by atoms with Crippen molar-refractivity contribution in [2.45, 2.75) is 12.8 Å². The summed E-state index contributed by atoms with van der Waals surface area (Å²) in [5.74, 6) is -1.88. The molecule has 28 heavy (non-hydrogen) atoms. The number of carbonyl (C=O) groups is 3. The van der Waals surface area contributed by atoms with Crippen LogP contribution in [-0.2, 0) is 16.0 Å². The van der Waals surface area contributed by atoms with Crippen molar-refractivity contribution in [1.82, 2.24) is 10.6 Å². The summed E-state index contributed by atoms with van der Waals surface area (Å²) in [6.45, 7) is 0.169. The number of carbonyl (C=O) groups excluding carboxylic acids is 2. The van der Waals surface area contributed by atoms with Crippen LogP contribution >= 0.6 is 0 Å². The van der Waals surface area contributed by atoms with Crippen molar-refractivity contribution in [3.05, 3.63) is 65.7 Å². The van der Waals surface area contributed by atoms with Crippen LogP contribution in [0.4, 0.5) is 0 Å². The first-order valence-corrected chi connectivity index (χ1v) is 8.96. The maximum absolute atomic E-state index is 12.2. The third-order valence-electron chi connectivity index (χ3n) is 4.21. The van der Waals surface area contributed by atoms with Crippen molar-refractivity contribution in [3.8, 4) is 5.75 Å². The zero-order valence-electron chi connectivity index (χ0n) is 15.7. The van der Waals surface area contributed by atoms with Crippen LogP contribution in [-0.4, -0.2) is 43.1 Å². The molecule has 0 saturated heterocycles. The monoisotopic (exact) mass is 384 g/mol. The summed E-state index contributed by atoms with van der Waals surface area (Å²) in [5, 5.41) is 14.6. The predicted molar refractivity (Wildman–Crippen MR) is 104 cm³/mol. The normalized spacial score (nSPS) is 11.3. The van der Waals surface area contributed by atoms with Gasteiger partial charge in [0.15, 0.2) is 0 Å². The highest BCUT2D eigenvalue weighted by Crippen LogP contribution is 2.16. The lowest BCUT2D eigenvalue weighted by molar-refractivity contribution is -0.141. The molecule has 0 bridgehead atoms. The van der Waals surface area contributed by atoms with E-state index in [-0.39, 0.29) is 31.3 Å². The van der Waals surface area contributed by atoms with Crippen molar-refractivity contribution in [1.29, 1.82) is 0 Å². The maximum atomic E-state index is 12.2. The molecule has 1 atom stereocenters. The lowest BCUT2D eigenvalue weighted by Crippen LogP contribution is -2.36. The molecule has 2 amide bonds. The molecule has 2 aromatic rings. The van der Waals surface area contributed by atoms with Gasteiger partial charge in [-0.1, -0.05) is 42.5 Å². The number of hydrogen-bond acceptors (Lipinski definition) is 4. The van der Waals surface area contributed by atoms with E-state index in [1.54, 1.807) is 24.3 Å². The number of para-hydroxylation sites is 1. The fraction of sp³-hybridized carbons (Fsp3) is 0.286. The molecule has 0 heterocycles. The van der Waals surface area contributed by atoms with E-state index in [0.29, 0.717) is 17.7 Å². The largest absolute Gasteiger partial charge is 0.496 e. The first kappa shape index (κ1) is 21.0. The van der Waals surface area contributed by atoms with Crippen molar-refractivity contribution in [3.63, 3.8) is 0 Å². The van der Waals surface area contributed by atoms with Crippen molar-refractivity contribution in [2.24, 2.45) is 5.92 Å². The fourth-order valence-electron chi connectivity index (χ4n) is 2.69. The summed E-state index contributed by atoms with van der Waals surface area (Å²) in [4.78, 5) is 35.6. The standard InChI is InChI=1S/C21H24N2O5/c1-28-18-10-6-5-9-17(18)20(25)22-12-11-19(24)23-14-16(21(26)27)13-15-7-3-2-4-8-15/h2-10,16H,11-14H2,1H3,(H,22,25)(H,23,24)(H,26,27)/t16-/m1/s1. The Balaban J connectivity index is 1.77. The second-order valence-corrected chi connectivity index (χ2v) is 6.24. The molecule has 7 nitrogen and oxygen atoms in total. The van der Waals surface area contributed by atoms with Gasteiger partial charge in [-0.3, -0.25) is 14.4 Å². The molecule has 148 valence electrons. The highest BCUT2D eigenvalue weighted by Gasteiger charge is 2.19. The van der Waals surface area contributed by atoms with E-state index in [0.717, 1.165) is 5.56 Å². The topological polar surface area (TPSA) is 105 Å². The maximum Gasteiger partial charge on any atom is 0.308 e. The second kappa shape index (κ2) is 10.7. The van der Waals surface area contributed by atoms with Gasteiger partial charge >= 0.3 is 5.97 Å². The van der Waals surface area contributed by atoms with E-state index < -0.39 is 11.9 Å². The zero-order chi connectivity index (χ0) is 20.4. The van der Waals surface area contributed by atoms with E-state index in [1.807, 2.05) is 30.3 Å². The van der Waals surface area contributed by atoms with Crippen LogP contribution in [0.15, 0.2) is 54.6 Å². The third kappa shape index (κ3) is 6.42. The number of benzene rings is 2. The molecule has 7 heteroatoms. The Morgan fingerprint density at radius 1 is 1.00 bits per heavy atom. The Bertz CT molecular complexity index is 807. The third-order valence-corrected chi connectivity index (χ3v) is 4.21. The van der Waals surface area contributed by atoms with Gasteiger partial charge in [-0.2, -0.15) is 0 Å². The lowest BCUT2D eigenvalue weighted by Gasteiger charge is -2.14. The van der Waals surface area contributed by atoms with Crippen LogP contribution in [0.25, 0.3) is 0 Å². The molecule has 0 aromatic heterocycles. The summed E-state index contributed by atoms with van der Waals surface area (Å²) in [5.41, 5.74) is 1.28. The highest BCUT2D eigenvalue weighted by molar-refractivity contribution is 5.97. The number of rotatable bonds is 10. The number of hydrogen-bond donors (Lipinski definition) is 3. The van der Waals surface area contributed by atoms with Crippen LogP contribution in [0.5, 0.6) is 5.75 Å². The number of amides is 2. The molecule has 0 aliphatic rings. The van der Waals surface area contributed by atoms with Crippen LogP contribution in [0, 0.1) is 5.92 Å². The summed E-state index contributed by atoms with van der Waals surface area (Å²) in [7, 11) is 1.48. The van der Waals surface area contributed by atoms with E-state index in [4.69, 9.17) is 4.74 Å². The number of nitrogens with one attached hydrogen (secondary N) is 2. The van der Waals surface area contributed by atoms with Gasteiger partial charge in [-0.15, -0.1) is 0 Å². The van der Waals surface area contributed by atoms with Gasteiger partial charge in [0.2, 0.25) is 5.91 Å². The SMILES string of the molecule is COc1ccccc1C(=O)NCCC(=O)NC[C@@H](Cc1ccccc1)C(=O)O. The van der Waals surface area contributed by atoms with Gasteiger partial charge in [-0.25, -0.2) is 0 Å². The van der Waals surface area contributed by atoms with Crippen molar-refractivity contribution >= 4 is 17.8 Å². The second-order valence-electron chi connectivity index (χ2n) is 6.24. The lowest BCUT2D eigenvalue weighted by atomic mass is 9.99. The molecule has 3 N–H and O–H groups in total. The number of aliphatic carboxylic acids is 1. The Morgan fingerprint density at radius 2 is 1.68 bits per heavy atom. The van der Waals surface area contributed by atoms with Gasteiger partial charge in [0.05, 0.1) is 18.6 Å². The average Bonchev–Trinajstić information content (AvgIpc) is 2.71. The Morgan fingerprint density at radius 3 is 2.36 bits per heavy atom. The number of carboxylic acids is 1. The molecule has 0 aliphatic carbocycles. The smallest absolute Gasteiger partial charge is 0.308 e. The van der Waals surface area contributed by atoms with E-state index in [2.05, 4.69) is 10.6 Å². The van der Waals surface area contributed by atoms with E-state index in [9.17, 15) is 19.5 Å². The van der Waals surface area contributed by atoms with E-state index in [1.165, 1.54) is 7.11 Å². The minimum absolute atomic E-state index is 0.0313. The number of ether oxygens (including phenoxy) is 1. The summed E-state index contributed by atoms with van der Waals surface area (Å²) in [6.07, 6.45) is 0.388. The molecule has 0 spiro atoms. The molecular weight excluding hydrogens is 360 g/mol. The van der Waals surface area contributed by atoms with Gasteiger partial charge in [0.1, 0.15) is 5.75 Å². The minimum Gasteiger partial charge on any atom is -0.496 e. The van der Waals surface area contributed by atoms with Crippen molar-refractivity contribution in [2.75, 3.05) is 20.2 Å². The van der Waals surface area contributed by atoms with Crippen LogP contribution in [0.2, 0.25) is 0 Å². The van der Waals surface area contributed by atoms with Gasteiger partial charge in [0, 0.05) is 19.5 Å². The van der Waals surface area contributed by atoms with Crippen LogP contribution in [0.1, 0.15) is 22.3 Å². The molecule has 2 rings (SSSR count). The van der Waals surface area contributed by atoms with Crippen molar-refractivity contribution < 1.29 is 24.2 Å². The number of carboxylic acid groups (broad SMARTS) is 1. The number of methoxy groups -OCH3 is 1. The van der Waals surface area contributed by atoms with Crippen LogP contribution < -0.4 is 15.4 Å². The van der Waals surface area contributed by atoms with Crippen LogP contribution in [0.3, 0.4) is 0 Å². The van der Waals surface area contributed by atoms with Gasteiger partial charge in [0.25, 0.3) is 5.91 Å². The molecule has 0 aliphatic heterocycles. The molecule has 0 radical (unpaired) electrons. The first-order valence-electron chi connectivity index (χ1n) is 8.96. The summed E-state index contributed by atoms with van der Waals surface area (Å²) >= 11 is 0. The summed E-state index contributed by atoms with van der Waals surface area (Å²) < 4.78 is 5.13. The Kier molecular flexibility index (Phi) is 8.02. The molecule has 0 saturated carbocycles. The minimum atomic E-state index is -0.964. The highest BCUT2D eigenvalue weighted by atomic mass is 16.5. The Labute approximate surface area is 163 Å². The van der Waals surface area contributed by atoms with E-state index >= 15 is 0 Å². The molecule has 0 unspecified atom stereocenters. The molecule has 0 fully saturated rings. The predicted octanol–water partition coefficient (Wildman–Crippen LogP) is 1.87.